The minimum absolute atomic E-state index is 0.00160. The summed E-state index contributed by atoms with van der Waals surface area (Å²) in [6.45, 7) is 3.65. The van der Waals surface area contributed by atoms with Crippen LogP contribution in [0, 0.1) is 23.7 Å². The Morgan fingerprint density at radius 1 is 1.14 bits per heavy atom. The maximum Gasteiger partial charge on any atom is 0.340 e. The molecular formula is C49H62N4O10S2. The van der Waals surface area contributed by atoms with Gasteiger partial charge in [0, 0.05) is 102 Å². The number of carbonyl (C=O) groups is 3. The molecule has 16 heteroatoms. The first-order valence-corrected chi connectivity index (χ1v) is 25.6. The molecule has 1 spiro atoms. The van der Waals surface area contributed by atoms with Gasteiger partial charge < -0.3 is 55.3 Å². The number of aldehydes is 1. The minimum atomic E-state index is -1.57. The number of amides is 1. The van der Waals surface area contributed by atoms with Gasteiger partial charge in [-0.2, -0.15) is 0 Å². The van der Waals surface area contributed by atoms with Crippen LogP contribution in [0.3, 0.4) is 0 Å². The highest BCUT2D eigenvalue weighted by atomic mass is 33.1. The lowest BCUT2D eigenvalue weighted by molar-refractivity contribution is -0.202. The normalized spacial score (nSPS) is 33.1. The number of fused-ring (bicyclic) bond motifs is 5. The van der Waals surface area contributed by atoms with Gasteiger partial charge in [-0.3, -0.25) is 4.79 Å². The van der Waals surface area contributed by atoms with Gasteiger partial charge in [-0.05, 0) is 81.5 Å². The summed E-state index contributed by atoms with van der Waals surface area (Å²) in [7, 11) is 5.23. The lowest BCUT2D eigenvalue weighted by Gasteiger charge is -2.59. The number of rotatable bonds is 10. The first-order valence-electron chi connectivity index (χ1n) is 23.2. The highest BCUT2D eigenvalue weighted by Gasteiger charge is 2.67. The summed E-state index contributed by atoms with van der Waals surface area (Å²) >= 11 is 0. The van der Waals surface area contributed by atoms with Gasteiger partial charge in [0.2, 0.25) is 5.91 Å². The summed E-state index contributed by atoms with van der Waals surface area (Å²) in [5.74, 6) is -0.830. The fourth-order valence-corrected chi connectivity index (χ4v) is 15.8. The van der Waals surface area contributed by atoms with Crippen LogP contribution < -0.4 is 26.7 Å². The van der Waals surface area contributed by atoms with Gasteiger partial charge in [0.25, 0.3) is 0 Å². The summed E-state index contributed by atoms with van der Waals surface area (Å²) in [6, 6.07) is 5.58. The molecule has 3 fully saturated rings. The third kappa shape index (κ3) is 7.67. The Labute approximate surface area is 387 Å². The highest BCUT2D eigenvalue weighted by Crippen LogP contribution is 2.60. The van der Waals surface area contributed by atoms with E-state index < -0.39 is 46.7 Å². The average molecular weight is 931 g/mol. The summed E-state index contributed by atoms with van der Waals surface area (Å²) in [5, 5.41) is 38.9. The van der Waals surface area contributed by atoms with Gasteiger partial charge in [-0.1, -0.05) is 58.6 Å². The van der Waals surface area contributed by atoms with Crippen molar-refractivity contribution in [1.29, 1.82) is 0 Å². The van der Waals surface area contributed by atoms with Crippen molar-refractivity contribution in [2.24, 2.45) is 29.4 Å². The van der Waals surface area contributed by atoms with Crippen molar-refractivity contribution in [2.45, 2.75) is 112 Å². The standard InChI is InChI=1S/C49H62N4O10S2/c1-4-27(8-12-54)45(59)63-47(2)33(25-57)15-32-26-64-65-39-17-31(24-56)43(51-3)35-23-53(44(35)39)41(58)18-30-22-52-40(50)19-34(30)42(32)49(47)21-29-14-28-16-36(46(60)61-37(28)20-38(29)62-49)48(11-13-55)9-6-5-7-10-48/h4,14-16,19-20,24,31,33,35,39,42-44,51-52,54-55,57H,5-13,17-18,21-23,25-26,50H2,1-3H3. The van der Waals surface area contributed by atoms with Crippen LogP contribution in [0.5, 0.6) is 5.75 Å². The van der Waals surface area contributed by atoms with Crippen molar-refractivity contribution in [1.82, 2.24) is 15.5 Å². The van der Waals surface area contributed by atoms with Gasteiger partial charge in [0.15, 0.2) is 11.2 Å². The third-order valence-corrected chi connectivity index (χ3v) is 18.9. The Hall–Kier alpha value is -4.06. The Bertz CT molecular complexity index is 2420. The molecule has 1 aromatic heterocycles. The molecule has 9 rings (SSSR count). The quantitative estimate of drug-likeness (QED) is 0.0489. The number of ether oxygens (including phenoxy) is 2. The van der Waals surface area contributed by atoms with Crippen LogP contribution in [-0.2, 0) is 31.0 Å². The predicted octanol–water partition coefficient (Wildman–Crippen LogP) is 4.33. The summed E-state index contributed by atoms with van der Waals surface area (Å²) in [6.07, 6.45) is 12.5. The molecule has 350 valence electrons. The molecule has 1 amide bonds. The van der Waals surface area contributed by atoms with Crippen molar-refractivity contribution < 1.29 is 43.6 Å². The largest absolute Gasteiger partial charge is 0.481 e. The van der Waals surface area contributed by atoms with Gasteiger partial charge in [-0.15, -0.1) is 0 Å². The van der Waals surface area contributed by atoms with Crippen LogP contribution in [0.2, 0.25) is 0 Å². The summed E-state index contributed by atoms with van der Waals surface area (Å²) in [4.78, 5) is 57.4. The van der Waals surface area contributed by atoms with E-state index in [0.717, 1.165) is 60.7 Å². The second-order valence-electron chi connectivity index (χ2n) is 19.3. The topological polar surface area (TPSA) is 214 Å². The zero-order chi connectivity index (χ0) is 45.8. The SMILES string of the molecule is CC=C(CCO)C(=O)OC1(C)C(CO)C=C2CSSC3CC(C=O)C(NC)C4CN(C(=O)CC5=C(C=C(N)NC5)C2C12Cc1cc5cc(C6(CCO)CCCCC6)c(=O)oc5cc1O2)C34. The first-order chi connectivity index (χ1) is 31.4. The fourth-order valence-electron chi connectivity index (χ4n) is 12.7. The first kappa shape index (κ1) is 46.1. The van der Waals surface area contributed by atoms with Crippen LogP contribution >= 0.6 is 21.6 Å². The van der Waals surface area contributed by atoms with Crippen LogP contribution in [0.25, 0.3) is 11.0 Å². The van der Waals surface area contributed by atoms with Crippen LogP contribution in [0.15, 0.2) is 73.8 Å². The molecule has 9 unspecified atom stereocenters. The molecule has 2 aromatic rings. The zero-order valence-electron chi connectivity index (χ0n) is 37.4. The van der Waals surface area contributed by atoms with Crippen LogP contribution in [0.1, 0.15) is 82.8 Å². The third-order valence-electron chi connectivity index (χ3n) is 16.1. The van der Waals surface area contributed by atoms with E-state index in [2.05, 4.69) is 10.6 Å². The van der Waals surface area contributed by atoms with E-state index in [0.29, 0.717) is 59.8 Å². The smallest absolute Gasteiger partial charge is 0.340 e. The molecule has 1 saturated heterocycles. The van der Waals surface area contributed by atoms with E-state index >= 15 is 0 Å². The van der Waals surface area contributed by atoms with Crippen LogP contribution in [-0.4, -0.2) is 113 Å². The number of aliphatic hydroxyl groups excluding tert-OH is 3. The molecule has 1 aromatic carbocycles. The molecule has 65 heavy (non-hydrogen) atoms. The summed E-state index contributed by atoms with van der Waals surface area (Å²) in [5.41, 5.74) is 7.15. The number of dihydropyridines is 1. The van der Waals surface area contributed by atoms with Crippen molar-refractivity contribution in [3.05, 3.63) is 86.1 Å². The molecule has 0 radical (unpaired) electrons. The molecule has 5 heterocycles. The fraction of sp³-hybridized carbons (Fsp3) is 0.592. The maximum absolute atomic E-state index is 14.6. The molecule has 7 N–H and O–H groups in total. The number of allylic oxidation sites excluding steroid dienone is 2. The second-order valence-corrected chi connectivity index (χ2v) is 21.9. The molecule has 7 aliphatic rings. The predicted molar refractivity (Wildman–Crippen MR) is 250 cm³/mol. The maximum atomic E-state index is 14.6. The molecule has 14 nitrogen and oxygen atoms in total. The van der Waals surface area contributed by atoms with Gasteiger partial charge in [-0.25, -0.2) is 9.59 Å². The monoisotopic (exact) mass is 930 g/mol. The Morgan fingerprint density at radius 3 is 2.65 bits per heavy atom. The Kier molecular flexibility index (Phi) is 12.9. The van der Waals surface area contributed by atoms with Crippen molar-refractivity contribution in [3.63, 3.8) is 0 Å². The number of nitrogens with zero attached hydrogens (tertiary/aromatic N) is 1. The number of nitrogens with one attached hydrogen (secondary N) is 2. The molecule has 4 aliphatic heterocycles. The van der Waals surface area contributed by atoms with Gasteiger partial charge in [0.1, 0.15) is 17.6 Å². The number of benzene rings is 1. The number of carbonyl (C=O) groups excluding carboxylic acids is 3. The van der Waals surface area contributed by atoms with E-state index in [1.807, 2.05) is 36.2 Å². The second kappa shape index (κ2) is 18.2. The highest BCUT2D eigenvalue weighted by molar-refractivity contribution is 8.77. The molecule has 2 saturated carbocycles. The number of hydrogen-bond acceptors (Lipinski definition) is 15. The minimum Gasteiger partial charge on any atom is -0.481 e. The van der Waals surface area contributed by atoms with E-state index in [1.165, 1.54) is 0 Å². The van der Waals surface area contributed by atoms with Gasteiger partial charge in [0.05, 0.1) is 30.8 Å². The molecule has 9 atom stereocenters. The lowest BCUT2D eigenvalue weighted by Crippen LogP contribution is -2.71. The van der Waals surface area contributed by atoms with Crippen molar-refractivity contribution >= 4 is 50.7 Å². The number of hydrogen-bond donors (Lipinski definition) is 6. The van der Waals surface area contributed by atoms with Gasteiger partial charge >= 0.3 is 11.6 Å². The van der Waals surface area contributed by atoms with E-state index in [-0.39, 0.29) is 73.1 Å². The van der Waals surface area contributed by atoms with Crippen molar-refractivity contribution in [2.75, 3.05) is 45.7 Å². The number of nitrogens with two attached hydrogens (primary N) is 1. The average Bonchev–Trinajstić information content (AvgIpc) is 3.65. The number of esters is 1. The Morgan fingerprint density at radius 2 is 1.94 bits per heavy atom. The molecular weight excluding hydrogens is 869 g/mol. The Balaban J connectivity index is 1.22. The molecule has 3 aliphatic carbocycles. The number of aliphatic hydroxyl groups is 3. The van der Waals surface area contributed by atoms with E-state index in [1.54, 1.807) is 47.6 Å². The summed E-state index contributed by atoms with van der Waals surface area (Å²) < 4.78 is 20.3. The molecule has 0 bridgehead atoms. The zero-order valence-corrected chi connectivity index (χ0v) is 39.1. The van der Waals surface area contributed by atoms with E-state index in [4.69, 9.17) is 19.6 Å². The van der Waals surface area contributed by atoms with Crippen molar-refractivity contribution in [3.8, 4) is 5.75 Å². The van der Waals surface area contributed by atoms with E-state index in [9.17, 15) is 34.5 Å². The van der Waals surface area contributed by atoms with Crippen LogP contribution in [0.4, 0.5) is 0 Å². The lowest BCUT2D eigenvalue weighted by atomic mass is 9.57.